The lowest BCUT2D eigenvalue weighted by Crippen LogP contribution is -2.22. The van der Waals surface area contributed by atoms with Gasteiger partial charge in [0.05, 0.1) is 0 Å². The third kappa shape index (κ3) is 5.33. The molecule has 0 bridgehead atoms. The summed E-state index contributed by atoms with van der Waals surface area (Å²) in [6.45, 7) is 5.03. The molecule has 3 N–H and O–H groups in total. The van der Waals surface area contributed by atoms with Crippen LogP contribution in [-0.4, -0.2) is 19.6 Å². The Kier molecular flexibility index (Phi) is 6.45. The maximum Gasteiger partial charge on any atom is 0.00176 e. The lowest BCUT2D eigenvalue weighted by molar-refractivity contribution is 0.615. The van der Waals surface area contributed by atoms with Gasteiger partial charge in [0, 0.05) is 6.54 Å². The maximum absolute atomic E-state index is 5.63. The molecule has 0 fully saturated rings. The summed E-state index contributed by atoms with van der Waals surface area (Å²) in [5.74, 6) is 0.526. The van der Waals surface area contributed by atoms with E-state index in [4.69, 9.17) is 5.73 Å². The van der Waals surface area contributed by atoms with Crippen LogP contribution in [0.5, 0.6) is 0 Å². The number of benzene rings is 2. The highest BCUT2D eigenvalue weighted by Crippen LogP contribution is 2.16. The summed E-state index contributed by atoms with van der Waals surface area (Å²) in [6.07, 6.45) is 2.04. The molecule has 0 aliphatic heterocycles. The van der Waals surface area contributed by atoms with E-state index in [0.717, 1.165) is 25.9 Å². The van der Waals surface area contributed by atoms with E-state index in [2.05, 4.69) is 66.8 Å². The summed E-state index contributed by atoms with van der Waals surface area (Å²) in [5.41, 5.74) is 9.75. The fourth-order valence-corrected chi connectivity index (χ4v) is 2.54. The van der Waals surface area contributed by atoms with Crippen LogP contribution in [0.3, 0.4) is 0 Å². The molecule has 0 saturated carbocycles. The Balaban J connectivity index is 1.76. The van der Waals surface area contributed by atoms with Crippen LogP contribution in [0.15, 0.2) is 54.6 Å². The summed E-state index contributed by atoms with van der Waals surface area (Å²) < 4.78 is 0. The standard InChI is InChI=1S/C19H26N2/c1-16(19-9-5-8-18(14-19)10-12-20)15-21-13-11-17-6-3-2-4-7-17/h2-9,14,16,21H,10-13,15,20H2,1H3/t16-/m0/s1. The van der Waals surface area contributed by atoms with Crippen LogP contribution in [-0.2, 0) is 12.8 Å². The van der Waals surface area contributed by atoms with Gasteiger partial charge >= 0.3 is 0 Å². The van der Waals surface area contributed by atoms with Crippen LogP contribution in [0.4, 0.5) is 0 Å². The van der Waals surface area contributed by atoms with E-state index in [0.29, 0.717) is 12.5 Å². The third-order valence-corrected chi connectivity index (χ3v) is 3.84. The highest BCUT2D eigenvalue weighted by molar-refractivity contribution is 5.26. The molecule has 112 valence electrons. The molecule has 0 aromatic heterocycles. The molecule has 0 saturated heterocycles. The Labute approximate surface area is 128 Å². The Bertz CT molecular complexity index is 522. The molecule has 2 heteroatoms. The molecule has 1 atom stereocenters. The number of nitrogens with one attached hydrogen (secondary N) is 1. The summed E-state index contributed by atoms with van der Waals surface area (Å²) in [4.78, 5) is 0. The zero-order valence-corrected chi connectivity index (χ0v) is 12.9. The smallest absolute Gasteiger partial charge is 0.00176 e. The minimum atomic E-state index is 0.526. The minimum Gasteiger partial charge on any atom is -0.330 e. The van der Waals surface area contributed by atoms with Gasteiger partial charge in [-0.05, 0) is 48.5 Å². The number of hydrogen-bond donors (Lipinski definition) is 2. The topological polar surface area (TPSA) is 38.0 Å². The van der Waals surface area contributed by atoms with Crippen molar-refractivity contribution >= 4 is 0 Å². The van der Waals surface area contributed by atoms with E-state index in [1.807, 2.05) is 0 Å². The quantitative estimate of drug-likeness (QED) is 0.730. The van der Waals surface area contributed by atoms with E-state index >= 15 is 0 Å². The van der Waals surface area contributed by atoms with Gasteiger partial charge in [0.1, 0.15) is 0 Å². The van der Waals surface area contributed by atoms with E-state index in [1.54, 1.807) is 0 Å². The molecule has 2 rings (SSSR count). The lowest BCUT2D eigenvalue weighted by Gasteiger charge is -2.14. The first-order chi connectivity index (χ1) is 10.3. The molecule has 2 aromatic carbocycles. The van der Waals surface area contributed by atoms with E-state index in [9.17, 15) is 0 Å². The van der Waals surface area contributed by atoms with Crippen molar-refractivity contribution in [2.75, 3.05) is 19.6 Å². The first-order valence-electron chi connectivity index (χ1n) is 7.83. The van der Waals surface area contributed by atoms with Crippen molar-refractivity contribution in [1.82, 2.24) is 5.32 Å². The van der Waals surface area contributed by atoms with Crippen LogP contribution in [0.1, 0.15) is 29.5 Å². The summed E-state index contributed by atoms with van der Waals surface area (Å²) >= 11 is 0. The Morgan fingerprint density at radius 3 is 2.48 bits per heavy atom. The highest BCUT2D eigenvalue weighted by Gasteiger charge is 2.05. The number of nitrogens with two attached hydrogens (primary N) is 1. The van der Waals surface area contributed by atoms with Crippen molar-refractivity contribution in [1.29, 1.82) is 0 Å². The third-order valence-electron chi connectivity index (χ3n) is 3.84. The van der Waals surface area contributed by atoms with E-state index in [-0.39, 0.29) is 0 Å². The molecular weight excluding hydrogens is 256 g/mol. The fourth-order valence-electron chi connectivity index (χ4n) is 2.54. The van der Waals surface area contributed by atoms with Crippen molar-refractivity contribution < 1.29 is 0 Å². The van der Waals surface area contributed by atoms with Crippen LogP contribution in [0, 0.1) is 0 Å². The van der Waals surface area contributed by atoms with Crippen LogP contribution in [0.2, 0.25) is 0 Å². The zero-order valence-electron chi connectivity index (χ0n) is 12.9. The minimum absolute atomic E-state index is 0.526. The van der Waals surface area contributed by atoms with Gasteiger partial charge in [-0.25, -0.2) is 0 Å². The van der Waals surface area contributed by atoms with Gasteiger partial charge in [0.2, 0.25) is 0 Å². The van der Waals surface area contributed by atoms with Crippen molar-refractivity contribution in [2.45, 2.75) is 25.7 Å². The average molecular weight is 282 g/mol. The molecule has 0 amide bonds. The molecule has 0 aliphatic carbocycles. The van der Waals surface area contributed by atoms with Crippen LogP contribution in [0.25, 0.3) is 0 Å². The predicted octanol–water partition coefficient (Wildman–Crippen LogP) is 3.12. The highest BCUT2D eigenvalue weighted by atomic mass is 14.8. The van der Waals surface area contributed by atoms with Gasteiger partial charge < -0.3 is 11.1 Å². The molecule has 0 heterocycles. The largest absolute Gasteiger partial charge is 0.330 e. The normalized spacial score (nSPS) is 12.3. The molecule has 21 heavy (non-hydrogen) atoms. The molecule has 0 unspecified atom stereocenters. The monoisotopic (exact) mass is 282 g/mol. The second-order valence-electron chi connectivity index (χ2n) is 5.62. The summed E-state index contributed by atoms with van der Waals surface area (Å²) in [5, 5.41) is 3.56. The first kappa shape index (κ1) is 15.7. The maximum atomic E-state index is 5.63. The van der Waals surface area contributed by atoms with Gasteiger partial charge in [-0.15, -0.1) is 0 Å². The molecule has 0 spiro atoms. The Morgan fingerprint density at radius 1 is 0.952 bits per heavy atom. The van der Waals surface area contributed by atoms with Crippen LogP contribution < -0.4 is 11.1 Å². The van der Waals surface area contributed by atoms with Crippen LogP contribution >= 0.6 is 0 Å². The van der Waals surface area contributed by atoms with Crippen molar-refractivity contribution in [3.63, 3.8) is 0 Å². The Morgan fingerprint density at radius 2 is 1.71 bits per heavy atom. The van der Waals surface area contributed by atoms with Gasteiger partial charge in [0.25, 0.3) is 0 Å². The fraction of sp³-hybridized carbons (Fsp3) is 0.368. The second kappa shape index (κ2) is 8.60. The first-order valence-corrected chi connectivity index (χ1v) is 7.83. The number of hydrogen-bond acceptors (Lipinski definition) is 2. The molecule has 0 aliphatic rings. The van der Waals surface area contributed by atoms with Crippen molar-refractivity contribution in [2.24, 2.45) is 5.73 Å². The molecular formula is C19H26N2. The van der Waals surface area contributed by atoms with Gasteiger partial charge in [-0.3, -0.25) is 0 Å². The van der Waals surface area contributed by atoms with Crippen molar-refractivity contribution in [3.05, 3.63) is 71.3 Å². The SMILES string of the molecule is C[C@@H](CNCCc1ccccc1)c1cccc(CCN)c1. The average Bonchev–Trinajstić information content (AvgIpc) is 2.53. The lowest BCUT2D eigenvalue weighted by atomic mass is 9.98. The zero-order chi connectivity index (χ0) is 14.9. The van der Waals surface area contributed by atoms with Gasteiger partial charge in [0.15, 0.2) is 0 Å². The number of rotatable bonds is 8. The Hall–Kier alpha value is -1.64. The summed E-state index contributed by atoms with van der Waals surface area (Å²) in [6, 6.07) is 19.4. The predicted molar refractivity (Wildman–Crippen MR) is 90.6 cm³/mol. The van der Waals surface area contributed by atoms with Gasteiger partial charge in [-0.2, -0.15) is 0 Å². The summed E-state index contributed by atoms with van der Waals surface area (Å²) in [7, 11) is 0. The molecule has 2 aromatic rings. The molecule has 2 nitrogen and oxygen atoms in total. The second-order valence-corrected chi connectivity index (χ2v) is 5.62. The molecule has 0 radical (unpaired) electrons. The van der Waals surface area contributed by atoms with Gasteiger partial charge in [-0.1, -0.05) is 61.5 Å². The van der Waals surface area contributed by atoms with Crippen molar-refractivity contribution in [3.8, 4) is 0 Å². The van der Waals surface area contributed by atoms with E-state index in [1.165, 1.54) is 16.7 Å². The van der Waals surface area contributed by atoms with E-state index < -0.39 is 0 Å².